The number of methoxy groups -OCH3 is 1. The lowest BCUT2D eigenvalue weighted by Crippen LogP contribution is -3.15. The third kappa shape index (κ3) is 5.17. The molecular formula is C22H29FN3O3+. The molecule has 156 valence electrons. The average Bonchev–Trinajstić information content (AvgIpc) is 2.73. The van der Waals surface area contributed by atoms with Crippen LogP contribution >= 0.6 is 0 Å². The highest BCUT2D eigenvalue weighted by Gasteiger charge is 2.25. The third-order valence-corrected chi connectivity index (χ3v) is 5.42. The first-order valence-electron chi connectivity index (χ1n) is 9.98. The van der Waals surface area contributed by atoms with E-state index in [9.17, 15) is 14.3 Å². The average molecular weight is 402 g/mol. The third-order valence-electron chi connectivity index (χ3n) is 5.42. The fraction of sp³-hybridized carbons (Fsp3) is 0.409. The number of amides is 1. The van der Waals surface area contributed by atoms with Crippen LogP contribution < -0.4 is 14.5 Å². The van der Waals surface area contributed by atoms with Crippen LogP contribution in [0.3, 0.4) is 0 Å². The standard InChI is InChI=1S/C22H28FN3O3/c1-3-25(15-17-8-9-21(29-2)18(23)14-17)22(28)16-24-10-12-26(13-11-24)19-6-4-5-7-20(19)27/h4-9,14,27H,3,10-13,15-16H2,1-2H3/p+1. The number of para-hydroxylation sites is 2. The summed E-state index contributed by atoms with van der Waals surface area (Å²) in [5.74, 6) is 0.139. The van der Waals surface area contributed by atoms with Gasteiger partial charge >= 0.3 is 0 Å². The summed E-state index contributed by atoms with van der Waals surface area (Å²) in [6.07, 6.45) is 0. The quantitative estimate of drug-likeness (QED) is 0.733. The van der Waals surface area contributed by atoms with Crippen molar-refractivity contribution in [2.45, 2.75) is 13.5 Å². The maximum absolute atomic E-state index is 13.9. The van der Waals surface area contributed by atoms with Gasteiger partial charge in [0.1, 0.15) is 5.75 Å². The molecule has 0 spiro atoms. The number of likely N-dealkylation sites (N-methyl/N-ethyl adjacent to an activating group) is 1. The van der Waals surface area contributed by atoms with Gasteiger partial charge in [-0.1, -0.05) is 18.2 Å². The molecule has 2 N–H and O–H groups in total. The van der Waals surface area contributed by atoms with Crippen molar-refractivity contribution in [2.75, 3.05) is 51.3 Å². The van der Waals surface area contributed by atoms with E-state index in [1.54, 1.807) is 23.1 Å². The summed E-state index contributed by atoms with van der Waals surface area (Å²) in [6.45, 7) is 6.54. The summed E-state index contributed by atoms with van der Waals surface area (Å²) in [5, 5.41) is 10.0. The van der Waals surface area contributed by atoms with E-state index < -0.39 is 5.82 Å². The summed E-state index contributed by atoms with van der Waals surface area (Å²) < 4.78 is 18.9. The summed E-state index contributed by atoms with van der Waals surface area (Å²) in [4.78, 5) is 17.9. The molecule has 6 nitrogen and oxygen atoms in total. The Hall–Kier alpha value is -2.80. The number of anilines is 1. The number of halogens is 1. The molecule has 3 rings (SSSR count). The van der Waals surface area contributed by atoms with Gasteiger partial charge in [-0.15, -0.1) is 0 Å². The molecule has 0 bridgehead atoms. The number of hydrogen-bond donors (Lipinski definition) is 2. The normalized spacial score (nSPS) is 14.7. The van der Waals surface area contributed by atoms with E-state index in [1.807, 2.05) is 25.1 Å². The van der Waals surface area contributed by atoms with Crippen LogP contribution in [0, 0.1) is 5.82 Å². The molecular weight excluding hydrogens is 373 g/mol. The monoisotopic (exact) mass is 402 g/mol. The van der Waals surface area contributed by atoms with Gasteiger partial charge in [-0.2, -0.15) is 0 Å². The lowest BCUT2D eigenvalue weighted by molar-refractivity contribution is -0.892. The number of aromatic hydroxyl groups is 1. The number of phenols is 1. The molecule has 2 aromatic rings. The van der Waals surface area contributed by atoms with Crippen LogP contribution in [0.5, 0.6) is 11.5 Å². The zero-order chi connectivity index (χ0) is 20.8. The van der Waals surface area contributed by atoms with Gasteiger partial charge in [0.2, 0.25) is 0 Å². The molecule has 1 aliphatic heterocycles. The van der Waals surface area contributed by atoms with Gasteiger partial charge in [0.25, 0.3) is 5.91 Å². The molecule has 1 amide bonds. The minimum absolute atomic E-state index is 0.0646. The molecule has 1 fully saturated rings. The van der Waals surface area contributed by atoms with Gasteiger partial charge in [-0.05, 0) is 36.8 Å². The van der Waals surface area contributed by atoms with E-state index in [-0.39, 0.29) is 17.4 Å². The first kappa shape index (κ1) is 20.9. The van der Waals surface area contributed by atoms with Gasteiger partial charge in [0.05, 0.1) is 39.0 Å². The van der Waals surface area contributed by atoms with Crippen LogP contribution in [-0.2, 0) is 11.3 Å². The second-order valence-electron chi connectivity index (χ2n) is 7.28. The van der Waals surface area contributed by atoms with E-state index in [2.05, 4.69) is 4.90 Å². The number of phenolic OH excluding ortho intramolecular Hbond substituents is 1. The minimum Gasteiger partial charge on any atom is -0.506 e. The maximum Gasteiger partial charge on any atom is 0.278 e. The number of ether oxygens (including phenoxy) is 1. The first-order chi connectivity index (χ1) is 14.0. The molecule has 0 saturated carbocycles. The Labute approximate surface area is 171 Å². The molecule has 0 atom stereocenters. The van der Waals surface area contributed by atoms with Crippen molar-refractivity contribution in [2.24, 2.45) is 0 Å². The second kappa shape index (κ2) is 9.60. The number of nitrogens with one attached hydrogen (secondary N) is 1. The number of carbonyl (C=O) groups excluding carboxylic acids is 1. The summed E-state index contributed by atoms with van der Waals surface area (Å²) in [5.41, 5.74) is 1.59. The number of piperazine rings is 1. The van der Waals surface area contributed by atoms with Crippen molar-refractivity contribution >= 4 is 11.6 Å². The molecule has 1 heterocycles. The Bertz CT molecular complexity index is 838. The van der Waals surface area contributed by atoms with Gasteiger partial charge in [0, 0.05) is 13.1 Å². The lowest BCUT2D eigenvalue weighted by atomic mass is 10.2. The fourth-order valence-corrected chi connectivity index (χ4v) is 3.70. The van der Waals surface area contributed by atoms with Crippen LogP contribution in [0.2, 0.25) is 0 Å². The van der Waals surface area contributed by atoms with E-state index in [0.29, 0.717) is 19.6 Å². The van der Waals surface area contributed by atoms with Crippen LogP contribution in [0.4, 0.5) is 10.1 Å². The van der Waals surface area contributed by atoms with Crippen LogP contribution in [0.1, 0.15) is 12.5 Å². The van der Waals surface area contributed by atoms with Crippen molar-refractivity contribution in [3.8, 4) is 11.5 Å². The van der Waals surface area contributed by atoms with Gasteiger partial charge in [-0.25, -0.2) is 4.39 Å². The molecule has 0 aliphatic carbocycles. The van der Waals surface area contributed by atoms with Crippen molar-refractivity contribution in [3.63, 3.8) is 0 Å². The van der Waals surface area contributed by atoms with Crippen LogP contribution in [0.25, 0.3) is 0 Å². The Balaban J connectivity index is 1.54. The number of nitrogens with zero attached hydrogens (tertiary/aromatic N) is 2. The predicted octanol–water partition coefficient (Wildman–Crippen LogP) is 1.29. The van der Waals surface area contributed by atoms with Gasteiger partial charge < -0.3 is 24.5 Å². The number of carbonyl (C=O) groups is 1. The van der Waals surface area contributed by atoms with Crippen molar-refractivity contribution in [1.82, 2.24) is 4.90 Å². The SMILES string of the molecule is CCN(Cc1ccc(OC)c(F)c1)C(=O)C[NH+]1CCN(c2ccccc2O)CC1. The van der Waals surface area contributed by atoms with Crippen LogP contribution in [-0.4, -0.2) is 62.3 Å². The van der Waals surface area contributed by atoms with E-state index in [1.165, 1.54) is 18.1 Å². The fourth-order valence-electron chi connectivity index (χ4n) is 3.70. The van der Waals surface area contributed by atoms with Crippen molar-refractivity contribution < 1.29 is 23.9 Å². The summed E-state index contributed by atoms with van der Waals surface area (Å²) in [6, 6.07) is 12.1. The molecule has 1 saturated heterocycles. The number of quaternary nitrogens is 1. The van der Waals surface area contributed by atoms with Crippen molar-refractivity contribution in [1.29, 1.82) is 0 Å². The summed E-state index contributed by atoms with van der Waals surface area (Å²) >= 11 is 0. The Kier molecular flexibility index (Phi) is 6.93. The van der Waals surface area contributed by atoms with Gasteiger partial charge in [-0.3, -0.25) is 4.79 Å². The largest absolute Gasteiger partial charge is 0.506 e. The number of benzene rings is 2. The highest BCUT2D eigenvalue weighted by molar-refractivity contribution is 5.77. The smallest absolute Gasteiger partial charge is 0.278 e. The summed E-state index contributed by atoms with van der Waals surface area (Å²) in [7, 11) is 1.43. The zero-order valence-electron chi connectivity index (χ0n) is 17.0. The Morgan fingerprint density at radius 3 is 2.59 bits per heavy atom. The number of hydrogen-bond acceptors (Lipinski definition) is 4. The minimum atomic E-state index is -0.417. The topological polar surface area (TPSA) is 57.5 Å². The second-order valence-corrected chi connectivity index (χ2v) is 7.28. The number of rotatable bonds is 7. The van der Waals surface area contributed by atoms with E-state index in [4.69, 9.17) is 4.74 Å². The van der Waals surface area contributed by atoms with Gasteiger partial charge in [0.15, 0.2) is 18.1 Å². The molecule has 29 heavy (non-hydrogen) atoms. The molecule has 0 aromatic heterocycles. The van der Waals surface area contributed by atoms with E-state index in [0.717, 1.165) is 37.4 Å². The van der Waals surface area contributed by atoms with Crippen molar-refractivity contribution in [3.05, 3.63) is 53.8 Å². The first-order valence-corrected chi connectivity index (χ1v) is 9.98. The lowest BCUT2D eigenvalue weighted by Gasteiger charge is -2.34. The molecule has 0 radical (unpaired) electrons. The molecule has 2 aromatic carbocycles. The Morgan fingerprint density at radius 1 is 1.24 bits per heavy atom. The van der Waals surface area contributed by atoms with Crippen LogP contribution in [0.15, 0.2) is 42.5 Å². The van der Waals surface area contributed by atoms with E-state index >= 15 is 0 Å². The predicted molar refractivity (Wildman–Crippen MR) is 110 cm³/mol. The zero-order valence-corrected chi connectivity index (χ0v) is 17.0. The maximum atomic E-state index is 13.9. The molecule has 0 unspecified atom stereocenters. The highest BCUT2D eigenvalue weighted by atomic mass is 19.1. The highest BCUT2D eigenvalue weighted by Crippen LogP contribution is 2.26. The molecule has 1 aliphatic rings. The molecule has 7 heteroatoms. The Morgan fingerprint density at radius 2 is 1.97 bits per heavy atom.